The topological polar surface area (TPSA) is 73.3 Å². The number of nitrogens with one attached hydrogen (secondary N) is 1. The van der Waals surface area contributed by atoms with Crippen LogP contribution in [0.2, 0.25) is 0 Å². The monoisotopic (exact) mass is 241 g/mol. The second-order valence-corrected chi connectivity index (χ2v) is 5.85. The minimum absolute atomic E-state index is 0.127. The average molecular weight is 241 g/mol. The number of nitrogens with two attached hydrogens (primary N) is 1. The number of rotatable bonds is 6. The SMILES string of the molecule is CC(C)(CCCCN1CCCC(O)C1)C(=N)N. The Kier molecular flexibility index (Phi) is 5.40. The molecule has 0 aliphatic carbocycles. The van der Waals surface area contributed by atoms with Crippen LogP contribution < -0.4 is 5.73 Å². The predicted molar refractivity (Wildman–Crippen MR) is 71.2 cm³/mol. The highest BCUT2D eigenvalue weighted by molar-refractivity contribution is 5.82. The zero-order valence-electron chi connectivity index (χ0n) is 11.2. The third-order valence-electron chi connectivity index (χ3n) is 3.74. The Morgan fingerprint density at radius 1 is 1.47 bits per heavy atom. The summed E-state index contributed by atoms with van der Waals surface area (Å²) in [6.45, 7) is 7.06. The van der Waals surface area contributed by atoms with Crippen LogP contribution in [0.4, 0.5) is 0 Å². The van der Waals surface area contributed by atoms with E-state index in [0.717, 1.165) is 51.7 Å². The van der Waals surface area contributed by atoms with Crippen LogP contribution in [0.25, 0.3) is 0 Å². The van der Waals surface area contributed by atoms with E-state index in [1.54, 1.807) is 0 Å². The van der Waals surface area contributed by atoms with Crippen LogP contribution in [0.3, 0.4) is 0 Å². The van der Waals surface area contributed by atoms with Gasteiger partial charge in [-0.05, 0) is 38.8 Å². The molecule has 4 N–H and O–H groups in total. The molecule has 1 fully saturated rings. The van der Waals surface area contributed by atoms with Crippen molar-refractivity contribution in [1.29, 1.82) is 5.41 Å². The third kappa shape index (κ3) is 5.04. The third-order valence-corrected chi connectivity index (χ3v) is 3.74. The molecule has 0 saturated carbocycles. The molecular weight excluding hydrogens is 214 g/mol. The Morgan fingerprint density at radius 2 is 2.18 bits per heavy atom. The van der Waals surface area contributed by atoms with Gasteiger partial charge in [-0.3, -0.25) is 5.41 Å². The zero-order chi connectivity index (χ0) is 12.9. The van der Waals surface area contributed by atoms with E-state index in [4.69, 9.17) is 11.1 Å². The summed E-state index contributed by atoms with van der Waals surface area (Å²) in [7, 11) is 0. The smallest absolute Gasteiger partial charge is 0.0963 e. The summed E-state index contributed by atoms with van der Waals surface area (Å²) in [6.07, 6.45) is 5.13. The molecule has 1 aliphatic rings. The van der Waals surface area contributed by atoms with Gasteiger partial charge in [0, 0.05) is 12.0 Å². The summed E-state index contributed by atoms with van der Waals surface area (Å²) >= 11 is 0. The highest BCUT2D eigenvalue weighted by Gasteiger charge is 2.21. The maximum atomic E-state index is 9.55. The number of hydrogen-bond donors (Lipinski definition) is 3. The van der Waals surface area contributed by atoms with Gasteiger partial charge in [0.15, 0.2) is 0 Å². The fourth-order valence-electron chi connectivity index (χ4n) is 2.27. The van der Waals surface area contributed by atoms with E-state index in [1.165, 1.54) is 0 Å². The molecule has 1 heterocycles. The fraction of sp³-hybridized carbons (Fsp3) is 0.923. The lowest BCUT2D eigenvalue weighted by molar-refractivity contribution is 0.0695. The largest absolute Gasteiger partial charge is 0.392 e. The van der Waals surface area contributed by atoms with Crippen LogP contribution in [-0.2, 0) is 0 Å². The molecule has 1 atom stereocenters. The lowest BCUT2D eigenvalue weighted by Gasteiger charge is -2.30. The van der Waals surface area contributed by atoms with Gasteiger partial charge in [-0.1, -0.05) is 20.3 Å². The first-order valence-electron chi connectivity index (χ1n) is 6.67. The summed E-state index contributed by atoms with van der Waals surface area (Å²) in [5.74, 6) is 0.283. The van der Waals surface area contributed by atoms with Crippen LogP contribution in [0.1, 0.15) is 46.0 Å². The number of hydrogen-bond acceptors (Lipinski definition) is 3. The van der Waals surface area contributed by atoms with E-state index in [1.807, 2.05) is 13.8 Å². The Bertz CT molecular complexity index is 253. The molecule has 4 nitrogen and oxygen atoms in total. The van der Waals surface area contributed by atoms with E-state index >= 15 is 0 Å². The van der Waals surface area contributed by atoms with Crippen LogP contribution in [0.5, 0.6) is 0 Å². The molecule has 4 heteroatoms. The molecule has 1 saturated heterocycles. The lowest BCUT2D eigenvalue weighted by atomic mass is 9.86. The Hall–Kier alpha value is -0.610. The van der Waals surface area contributed by atoms with E-state index in [0.29, 0.717) is 0 Å². The highest BCUT2D eigenvalue weighted by Crippen LogP contribution is 2.23. The molecule has 0 aromatic rings. The van der Waals surface area contributed by atoms with Crippen molar-refractivity contribution in [2.24, 2.45) is 11.1 Å². The number of aliphatic hydroxyl groups excluding tert-OH is 1. The predicted octanol–water partition coefficient (Wildman–Crippen LogP) is 1.58. The van der Waals surface area contributed by atoms with Crippen LogP contribution >= 0.6 is 0 Å². The van der Waals surface area contributed by atoms with Gasteiger partial charge in [-0.15, -0.1) is 0 Å². The molecule has 0 bridgehead atoms. The van der Waals surface area contributed by atoms with Crippen LogP contribution in [-0.4, -0.2) is 41.6 Å². The molecule has 1 aliphatic heterocycles. The molecule has 17 heavy (non-hydrogen) atoms. The number of nitrogens with zero attached hydrogens (tertiary/aromatic N) is 1. The van der Waals surface area contributed by atoms with Gasteiger partial charge in [-0.25, -0.2) is 0 Å². The number of likely N-dealkylation sites (tertiary alicyclic amines) is 1. The molecule has 1 unspecified atom stereocenters. The van der Waals surface area contributed by atoms with Crippen LogP contribution in [0.15, 0.2) is 0 Å². The van der Waals surface area contributed by atoms with Crippen molar-refractivity contribution < 1.29 is 5.11 Å². The molecular formula is C13H27N3O. The first-order valence-corrected chi connectivity index (χ1v) is 6.67. The number of piperidine rings is 1. The van der Waals surface area contributed by atoms with Gasteiger partial charge in [0.2, 0.25) is 0 Å². The quantitative estimate of drug-likeness (QED) is 0.375. The summed E-state index contributed by atoms with van der Waals surface area (Å²) in [6, 6.07) is 0. The summed E-state index contributed by atoms with van der Waals surface area (Å²) in [5, 5.41) is 17.0. The molecule has 0 radical (unpaired) electrons. The standard InChI is InChI=1S/C13H27N3O/c1-13(2,12(14)15)7-3-4-8-16-9-5-6-11(17)10-16/h11,17H,3-10H2,1-2H3,(H3,14,15). The average Bonchev–Trinajstić information content (AvgIpc) is 2.24. The van der Waals surface area contributed by atoms with Gasteiger partial charge in [-0.2, -0.15) is 0 Å². The van der Waals surface area contributed by atoms with Crippen molar-refractivity contribution >= 4 is 5.84 Å². The van der Waals surface area contributed by atoms with Crippen molar-refractivity contribution in [3.8, 4) is 0 Å². The first-order chi connectivity index (χ1) is 7.92. The van der Waals surface area contributed by atoms with Gasteiger partial charge in [0.1, 0.15) is 0 Å². The summed E-state index contributed by atoms with van der Waals surface area (Å²) in [5.41, 5.74) is 5.39. The van der Waals surface area contributed by atoms with Crippen molar-refractivity contribution in [1.82, 2.24) is 4.90 Å². The van der Waals surface area contributed by atoms with Crippen molar-refractivity contribution in [2.75, 3.05) is 19.6 Å². The van der Waals surface area contributed by atoms with E-state index in [-0.39, 0.29) is 17.4 Å². The highest BCUT2D eigenvalue weighted by atomic mass is 16.3. The Balaban J connectivity index is 2.13. The van der Waals surface area contributed by atoms with Gasteiger partial charge < -0.3 is 15.7 Å². The molecule has 1 rings (SSSR count). The van der Waals surface area contributed by atoms with E-state index in [9.17, 15) is 5.11 Å². The van der Waals surface area contributed by atoms with Gasteiger partial charge in [0.25, 0.3) is 0 Å². The number of amidine groups is 1. The second kappa shape index (κ2) is 6.36. The van der Waals surface area contributed by atoms with E-state index < -0.39 is 0 Å². The number of β-amino-alcohol motifs (C(OH)–C–C–N with tert-alkyl or cyclic N) is 1. The maximum Gasteiger partial charge on any atom is 0.0963 e. The summed E-state index contributed by atoms with van der Waals surface area (Å²) < 4.78 is 0. The number of unbranched alkanes of at least 4 members (excludes halogenated alkanes) is 1. The van der Waals surface area contributed by atoms with Crippen molar-refractivity contribution in [3.05, 3.63) is 0 Å². The van der Waals surface area contributed by atoms with Gasteiger partial charge in [0.05, 0.1) is 11.9 Å². The zero-order valence-corrected chi connectivity index (χ0v) is 11.2. The minimum Gasteiger partial charge on any atom is -0.392 e. The maximum absolute atomic E-state index is 9.55. The minimum atomic E-state index is -0.165. The Labute approximate surface area is 105 Å². The molecule has 0 aromatic carbocycles. The van der Waals surface area contributed by atoms with Crippen molar-refractivity contribution in [3.63, 3.8) is 0 Å². The molecule has 0 spiro atoms. The molecule has 100 valence electrons. The lowest BCUT2D eigenvalue weighted by Crippen LogP contribution is -2.38. The van der Waals surface area contributed by atoms with Crippen LogP contribution in [0, 0.1) is 10.8 Å². The molecule has 0 aromatic heterocycles. The normalized spacial score (nSPS) is 22.6. The fourth-order valence-corrected chi connectivity index (χ4v) is 2.27. The Morgan fingerprint density at radius 3 is 2.76 bits per heavy atom. The number of aliphatic hydroxyl groups is 1. The second-order valence-electron chi connectivity index (χ2n) is 5.85. The molecule has 0 amide bonds. The van der Waals surface area contributed by atoms with Crippen molar-refractivity contribution in [2.45, 2.75) is 52.1 Å². The summed E-state index contributed by atoms with van der Waals surface area (Å²) in [4.78, 5) is 2.34. The first kappa shape index (κ1) is 14.5. The van der Waals surface area contributed by atoms with E-state index in [2.05, 4.69) is 4.90 Å². The van der Waals surface area contributed by atoms with Gasteiger partial charge >= 0.3 is 0 Å².